The van der Waals surface area contributed by atoms with Crippen molar-refractivity contribution < 1.29 is 23.8 Å². The van der Waals surface area contributed by atoms with Gasteiger partial charge < -0.3 is 19.2 Å². The van der Waals surface area contributed by atoms with Crippen LogP contribution in [0.15, 0.2) is 52.7 Å². The molecule has 3 heterocycles. The number of furan rings is 1. The summed E-state index contributed by atoms with van der Waals surface area (Å²) < 4.78 is 10.9. The van der Waals surface area contributed by atoms with Crippen LogP contribution in [0.4, 0.5) is 0 Å². The van der Waals surface area contributed by atoms with Gasteiger partial charge in [0.05, 0.1) is 25.1 Å². The summed E-state index contributed by atoms with van der Waals surface area (Å²) in [7, 11) is 0. The van der Waals surface area contributed by atoms with Gasteiger partial charge in [-0.3, -0.25) is 14.5 Å². The minimum Gasteiger partial charge on any atom is -0.507 e. The van der Waals surface area contributed by atoms with Gasteiger partial charge in [-0.25, -0.2) is 0 Å². The molecule has 2 saturated heterocycles. The van der Waals surface area contributed by atoms with Crippen LogP contribution in [0.2, 0.25) is 0 Å². The molecule has 1 unspecified atom stereocenters. The number of hydrogen-bond acceptors (Lipinski definition) is 6. The Morgan fingerprint density at radius 3 is 2.48 bits per heavy atom. The summed E-state index contributed by atoms with van der Waals surface area (Å²) in [5.41, 5.74) is 1.60. The number of nitrogens with zero attached hydrogens (tertiary/aromatic N) is 2. The number of hydrogen-bond donors (Lipinski definition) is 1. The van der Waals surface area contributed by atoms with E-state index in [0.717, 1.165) is 18.7 Å². The zero-order valence-electron chi connectivity index (χ0n) is 16.3. The number of aryl methyl sites for hydroxylation is 1. The number of benzene rings is 1. The maximum absolute atomic E-state index is 12.9. The summed E-state index contributed by atoms with van der Waals surface area (Å²) in [4.78, 5) is 29.4. The Morgan fingerprint density at radius 2 is 1.83 bits per heavy atom. The van der Waals surface area contributed by atoms with Crippen LogP contribution in [0.25, 0.3) is 5.76 Å². The highest BCUT2D eigenvalue weighted by molar-refractivity contribution is 6.46. The van der Waals surface area contributed by atoms with E-state index in [1.165, 1.54) is 11.2 Å². The average molecular weight is 396 g/mol. The topological polar surface area (TPSA) is 83.2 Å². The van der Waals surface area contributed by atoms with Crippen LogP contribution in [-0.2, 0) is 14.3 Å². The molecule has 7 nitrogen and oxygen atoms in total. The number of amides is 1. The third-order valence-electron chi connectivity index (χ3n) is 5.44. The lowest BCUT2D eigenvalue weighted by Gasteiger charge is -2.30. The molecular formula is C22H24N2O5. The normalized spacial score (nSPS) is 22.4. The molecule has 0 radical (unpaired) electrons. The fraction of sp³-hybridized carbons (Fsp3) is 0.364. The number of morpholine rings is 1. The Kier molecular flexibility index (Phi) is 5.51. The van der Waals surface area contributed by atoms with Crippen molar-refractivity contribution in [1.29, 1.82) is 0 Å². The first-order valence-electron chi connectivity index (χ1n) is 9.75. The largest absolute Gasteiger partial charge is 0.507 e. The number of ether oxygens (including phenoxy) is 1. The van der Waals surface area contributed by atoms with E-state index < -0.39 is 17.7 Å². The molecule has 2 aliphatic heterocycles. The summed E-state index contributed by atoms with van der Waals surface area (Å²) in [5, 5.41) is 10.9. The van der Waals surface area contributed by atoms with Crippen LogP contribution in [0.1, 0.15) is 22.9 Å². The van der Waals surface area contributed by atoms with Crippen molar-refractivity contribution in [1.82, 2.24) is 9.80 Å². The zero-order chi connectivity index (χ0) is 20.4. The third kappa shape index (κ3) is 3.83. The first-order chi connectivity index (χ1) is 14.1. The van der Waals surface area contributed by atoms with E-state index in [2.05, 4.69) is 4.90 Å². The van der Waals surface area contributed by atoms with Gasteiger partial charge in [0.15, 0.2) is 0 Å². The Labute approximate surface area is 169 Å². The molecule has 152 valence electrons. The Bertz CT molecular complexity index is 911. The predicted molar refractivity (Wildman–Crippen MR) is 106 cm³/mol. The first kappa shape index (κ1) is 19.4. The van der Waals surface area contributed by atoms with Crippen LogP contribution in [0, 0.1) is 6.92 Å². The number of carbonyl (C=O) groups is 2. The lowest BCUT2D eigenvalue weighted by Crippen LogP contribution is -2.42. The van der Waals surface area contributed by atoms with Crippen LogP contribution >= 0.6 is 0 Å². The highest BCUT2D eigenvalue weighted by atomic mass is 16.5. The van der Waals surface area contributed by atoms with Gasteiger partial charge in [0.2, 0.25) is 0 Å². The van der Waals surface area contributed by atoms with Gasteiger partial charge in [-0.1, -0.05) is 29.8 Å². The highest BCUT2D eigenvalue weighted by Crippen LogP contribution is 2.39. The van der Waals surface area contributed by atoms with Crippen molar-refractivity contribution in [3.05, 3.63) is 65.1 Å². The zero-order valence-corrected chi connectivity index (χ0v) is 16.3. The van der Waals surface area contributed by atoms with Crippen molar-refractivity contribution in [3.8, 4) is 0 Å². The third-order valence-corrected chi connectivity index (χ3v) is 5.44. The summed E-state index contributed by atoms with van der Waals surface area (Å²) >= 11 is 0. The second-order valence-electron chi connectivity index (χ2n) is 7.33. The lowest BCUT2D eigenvalue weighted by molar-refractivity contribution is -0.140. The average Bonchev–Trinajstić information content (AvgIpc) is 3.35. The highest BCUT2D eigenvalue weighted by Gasteiger charge is 2.47. The van der Waals surface area contributed by atoms with Crippen LogP contribution < -0.4 is 0 Å². The number of aliphatic hydroxyl groups excluding tert-OH is 1. The molecule has 1 atom stereocenters. The summed E-state index contributed by atoms with van der Waals surface area (Å²) in [5.74, 6) is -1.03. The Morgan fingerprint density at radius 1 is 1.10 bits per heavy atom. The lowest BCUT2D eigenvalue weighted by atomic mass is 9.99. The van der Waals surface area contributed by atoms with E-state index in [1.54, 1.807) is 24.3 Å². The molecule has 2 fully saturated rings. The van der Waals surface area contributed by atoms with Gasteiger partial charge in [-0.2, -0.15) is 0 Å². The van der Waals surface area contributed by atoms with Gasteiger partial charge >= 0.3 is 0 Å². The molecule has 1 aromatic heterocycles. The second kappa shape index (κ2) is 8.23. The van der Waals surface area contributed by atoms with Crippen molar-refractivity contribution in [2.75, 3.05) is 39.4 Å². The van der Waals surface area contributed by atoms with Gasteiger partial charge in [-0.15, -0.1) is 0 Å². The van der Waals surface area contributed by atoms with Crippen LogP contribution in [0.5, 0.6) is 0 Å². The van der Waals surface area contributed by atoms with E-state index in [1.807, 2.05) is 19.1 Å². The second-order valence-corrected chi connectivity index (χ2v) is 7.33. The minimum absolute atomic E-state index is 0.0655. The molecule has 2 aliphatic rings. The number of aliphatic hydroxyl groups is 1. The van der Waals surface area contributed by atoms with Crippen molar-refractivity contribution >= 4 is 17.4 Å². The molecule has 1 aromatic carbocycles. The molecule has 0 aliphatic carbocycles. The molecule has 0 bridgehead atoms. The number of carbonyl (C=O) groups excluding carboxylic acids is 2. The van der Waals surface area contributed by atoms with Gasteiger partial charge in [-0.05, 0) is 19.1 Å². The molecule has 4 rings (SSSR count). The van der Waals surface area contributed by atoms with E-state index >= 15 is 0 Å². The van der Waals surface area contributed by atoms with Crippen molar-refractivity contribution in [2.24, 2.45) is 0 Å². The molecule has 1 N–H and O–H groups in total. The summed E-state index contributed by atoms with van der Waals surface area (Å²) in [6, 6.07) is 9.88. The molecule has 1 amide bonds. The quantitative estimate of drug-likeness (QED) is 0.475. The van der Waals surface area contributed by atoms with E-state index in [9.17, 15) is 14.7 Å². The molecule has 0 saturated carbocycles. The number of ketones is 1. The molecule has 0 spiro atoms. The van der Waals surface area contributed by atoms with Crippen LogP contribution in [-0.4, -0.2) is 66.0 Å². The van der Waals surface area contributed by atoms with Gasteiger partial charge in [0.1, 0.15) is 17.6 Å². The molecule has 29 heavy (non-hydrogen) atoms. The molecular weight excluding hydrogens is 372 g/mol. The van der Waals surface area contributed by atoms with Crippen molar-refractivity contribution in [3.63, 3.8) is 0 Å². The monoisotopic (exact) mass is 396 g/mol. The number of rotatable bonds is 5. The Hall–Kier alpha value is -2.90. The standard InChI is InChI=1S/C22H24N2O5/c1-15-4-6-16(7-5-15)20(25)18-19(17-3-2-12-29-17)24(22(27)21(18)26)9-8-23-10-13-28-14-11-23/h2-7,12,19,25H,8-11,13-14H2,1H3. The van der Waals surface area contributed by atoms with Crippen LogP contribution in [0.3, 0.4) is 0 Å². The minimum atomic E-state index is -0.743. The van der Waals surface area contributed by atoms with Gasteiger partial charge in [0, 0.05) is 31.7 Å². The number of likely N-dealkylation sites (tertiary alicyclic amines) is 1. The summed E-state index contributed by atoms with van der Waals surface area (Å²) in [6.07, 6.45) is 1.50. The van der Waals surface area contributed by atoms with E-state index in [4.69, 9.17) is 9.15 Å². The first-order valence-corrected chi connectivity index (χ1v) is 9.75. The Balaban J connectivity index is 1.68. The molecule has 2 aromatic rings. The smallest absolute Gasteiger partial charge is 0.295 e. The SMILES string of the molecule is Cc1ccc(C(O)=C2C(=O)C(=O)N(CCN3CCOCC3)C2c2ccco2)cc1. The van der Waals surface area contributed by atoms with E-state index in [-0.39, 0.29) is 11.3 Å². The maximum Gasteiger partial charge on any atom is 0.295 e. The van der Waals surface area contributed by atoms with Gasteiger partial charge in [0.25, 0.3) is 11.7 Å². The fourth-order valence-electron chi connectivity index (χ4n) is 3.79. The summed E-state index contributed by atoms with van der Waals surface area (Å²) in [6.45, 7) is 5.83. The fourth-order valence-corrected chi connectivity index (χ4v) is 3.79. The maximum atomic E-state index is 12.9. The van der Waals surface area contributed by atoms with E-state index in [0.29, 0.717) is 37.6 Å². The predicted octanol–water partition coefficient (Wildman–Crippen LogP) is 2.34. The molecule has 7 heteroatoms. The number of Topliss-reactive ketones (excluding diaryl/α,β-unsaturated/α-hetero) is 1. The van der Waals surface area contributed by atoms with Crippen molar-refractivity contribution in [2.45, 2.75) is 13.0 Å².